The van der Waals surface area contributed by atoms with Gasteiger partial charge in [0, 0.05) is 0 Å². The molecule has 3 aromatic rings. The lowest BCUT2D eigenvalue weighted by atomic mass is 10.1. The van der Waals surface area contributed by atoms with Crippen molar-refractivity contribution in [3.8, 4) is 11.5 Å². The van der Waals surface area contributed by atoms with Crippen molar-refractivity contribution in [3.63, 3.8) is 0 Å². The molecule has 0 heterocycles. The third-order valence-electron chi connectivity index (χ3n) is 5.13. The first-order valence-corrected chi connectivity index (χ1v) is 11.2. The summed E-state index contributed by atoms with van der Waals surface area (Å²) in [6, 6.07) is 20.3. The van der Waals surface area contributed by atoms with Crippen LogP contribution in [0, 0.1) is 6.92 Å². The van der Waals surface area contributed by atoms with E-state index in [-0.39, 0.29) is 0 Å². The molecular formula is C27H30N2O4. The van der Waals surface area contributed by atoms with Crippen LogP contribution in [-0.4, -0.2) is 12.2 Å². The molecule has 0 aliphatic carbocycles. The Morgan fingerprint density at radius 1 is 0.697 bits per heavy atom. The number of nitrogens with one attached hydrogen (secondary N) is 2. The molecule has 0 fully saturated rings. The molecule has 172 valence electrons. The van der Waals surface area contributed by atoms with E-state index in [4.69, 9.17) is 9.47 Å². The molecule has 6 nitrogen and oxygen atoms in total. The first kappa shape index (κ1) is 23.9. The standard InChI is InChI=1S/C27H30N2O4/c1-4-11-20-14-6-8-17-23(20)32-26(30)28-22-16-10-13-19(3)25(22)29-27(31)33-24-18-9-7-15-21(24)12-5-2/h6-10,13-18H,4-5,11-12H2,1-3H3,(H,28,30)(H,29,31). The summed E-state index contributed by atoms with van der Waals surface area (Å²) in [5, 5.41) is 5.50. The van der Waals surface area contributed by atoms with Gasteiger partial charge in [-0.2, -0.15) is 0 Å². The summed E-state index contributed by atoms with van der Waals surface area (Å²) in [7, 11) is 0. The molecule has 3 aromatic carbocycles. The van der Waals surface area contributed by atoms with Gasteiger partial charge in [-0.15, -0.1) is 0 Å². The van der Waals surface area contributed by atoms with Crippen LogP contribution in [0.5, 0.6) is 11.5 Å². The molecule has 2 amide bonds. The molecule has 0 aliphatic heterocycles. The molecule has 2 N–H and O–H groups in total. The molecule has 0 aromatic heterocycles. The third-order valence-corrected chi connectivity index (χ3v) is 5.13. The van der Waals surface area contributed by atoms with Gasteiger partial charge in [0.05, 0.1) is 11.4 Å². The number of amides is 2. The van der Waals surface area contributed by atoms with Crippen LogP contribution < -0.4 is 20.1 Å². The third kappa shape index (κ3) is 6.59. The van der Waals surface area contributed by atoms with Gasteiger partial charge in [0.15, 0.2) is 0 Å². The van der Waals surface area contributed by atoms with E-state index in [1.54, 1.807) is 24.3 Å². The average molecular weight is 447 g/mol. The smallest absolute Gasteiger partial charge is 0.410 e. The SMILES string of the molecule is CCCc1ccccc1OC(=O)Nc1cccc(C)c1NC(=O)Oc1ccccc1CCC. The van der Waals surface area contributed by atoms with E-state index in [2.05, 4.69) is 24.5 Å². The van der Waals surface area contributed by atoms with Crippen molar-refractivity contribution in [2.75, 3.05) is 10.6 Å². The quantitative estimate of drug-likeness (QED) is 0.386. The van der Waals surface area contributed by atoms with Gasteiger partial charge in [-0.25, -0.2) is 9.59 Å². The number of carbonyl (C=O) groups is 2. The Morgan fingerprint density at radius 2 is 1.21 bits per heavy atom. The number of ether oxygens (including phenoxy) is 2. The number of hydrogen-bond donors (Lipinski definition) is 2. The number of para-hydroxylation sites is 3. The van der Waals surface area contributed by atoms with Gasteiger partial charge >= 0.3 is 12.2 Å². The molecule has 0 unspecified atom stereocenters. The Hall–Kier alpha value is -3.80. The second kappa shape index (κ2) is 11.7. The molecule has 3 rings (SSSR count). The fraction of sp³-hybridized carbons (Fsp3) is 0.259. The predicted molar refractivity (Wildman–Crippen MR) is 131 cm³/mol. The number of anilines is 2. The molecule has 0 atom stereocenters. The van der Waals surface area contributed by atoms with E-state index in [0.717, 1.165) is 42.4 Å². The predicted octanol–water partition coefficient (Wildman–Crippen LogP) is 7.12. The maximum Gasteiger partial charge on any atom is 0.417 e. The van der Waals surface area contributed by atoms with Gasteiger partial charge in [0.1, 0.15) is 11.5 Å². The molecule has 33 heavy (non-hydrogen) atoms. The fourth-order valence-electron chi connectivity index (χ4n) is 3.56. The van der Waals surface area contributed by atoms with E-state index in [1.165, 1.54) is 0 Å². The zero-order chi connectivity index (χ0) is 23.6. The fourth-order valence-corrected chi connectivity index (χ4v) is 3.56. The molecular weight excluding hydrogens is 416 g/mol. The van der Waals surface area contributed by atoms with Crippen LogP contribution in [0.3, 0.4) is 0 Å². The van der Waals surface area contributed by atoms with Crippen LogP contribution in [0.2, 0.25) is 0 Å². The van der Waals surface area contributed by atoms with E-state index in [9.17, 15) is 9.59 Å². The van der Waals surface area contributed by atoms with Gasteiger partial charge in [-0.1, -0.05) is 75.2 Å². The van der Waals surface area contributed by atoms with Gasteiger partial charge in [-0.05, 0) is 54.7 Å². The summed E-state index contributed by atoms with van der Waals surface area (Å²) in [6.45, 7) is 5.98. The van der Waals surface area contributed by atoms with Crippen molar-refractivity contribution >= 4 is 23.6 Å². The van der Waals surface area contributed by atoms with Crippen LogP contribution in [0.25, 0.3) is 0 Å². The van der Waals surface area contributed by atoms with Crippen molar-refractivity contribution < 1.29 is 19.1 Å². The van der Waals surface area contributed by atoms with Crippen molar-refractivity contribution in [3.05, 3.63) is 83.4 Å². The van der Waals surface area contributed by atoms with Crippen molar-refractivity contribution in [1.29, 1.82) is 0 Å². The lowest BCUT2D eigenvalue weighted by Crippen LogP contribution is -2.22. The van der Waals surface area contributed by atoms with Gasteiger partial charge in [0.2, 0.25) is 0 Å². The molecule has 0 spiro atoms. The Kier molecular flexibility index (Phi) is 8.47. The largest absolute Gasteiger partial charge is 0.417 e. The normalized spacial score (nSPS) is 10.4. The highest BCUT2D eigenvalue weighted by atomic mass is 16.6. The number of rotatable bonds is 8. The first-order chi connectivity index (χ1) is 16.0. The minimum atomic E-state index is -0.631. The maximum atomic E-state index is 12.7. The summed E-state index contributed by atoms with van der Waals surface area (Å²) >= 11 is 0. The van der Waals surface area contributed by atoms with Crippen molar-refractivity contribution in [1.82, 2.24) is 0 Å². The lowest BCUT2D eigenvalue weighted by molar-refractivity contribution is 0.213. The summed E-state index contributed by atoms with van der Waals surface area (Å²) in [5.74, 6) is 1.04. The second-order valence-corrected chi connectivity index (χ2v) is 7.74. The van der Waals surface area contributed by atoms with E-state index in [0.29, 0.717) is 22.9 Å². The molecule has 0 bridgehead atoms. The average Bonchev–Trinajstić information content (AvgIpc) is 2.79. The molecule has 0 saturated heterocycles. The van der Waals surface area contributed by atoms with Gasteiger partial charge < -0.3 is 9.47 Å². The monoisotopic (exact) mass is 446 g/mol. The Bertz CT molecular complexity index is 1110. The maximum absolute atomic E-state index is 12.7. The summed E-state index contributed by atoms with van der Waals surface area (Å²) in [5.41, 5.74) is 3.58. The number of hydrogen-bond acceptors (Lipinski definition) is 4. The summed E-state index contributed by atoms with van der Waals surface area (Å²) in [6.07, 6.45) is 2.25. The summed E-state index contributed by atoms with van der Waals surface area (Å²) < 4.78 is 11.1. The first-order valence-electron chi connectivity index (χ1n) is 11.2. The lowest BCUT2D eigenvalue weighted by Gasteiger charge is -2.16. The Balaban J connectivity index is 1.73. The highest BCUT2D eigenvalue weighted by Gasteiger charge is 2.16. The van der Waals surface area contributed by atoms with Crippen molar-refractivity contribution in [2.45, 2.75) is 46.5 Å². The number of benzene rings is 3. The highest BCUT2D eigenvalue weighted by molar-refractivity contribution is 5.97. The summed E-state index contributed by atoms with van der Waals surface area (Å²) in [4.78, 5) is 25.3. The van der Waals surface area contributed by atoms with E-state index >= 15 is 0 Å². The van der Waals surface area contributed by atoms with E-state index < -0.39 is 12.2 Å². The Labute approximate surface area is 194 Å². The zero-order valence-corrected chi connectivity index (χ0v) is 19.3. The molecule has 0 aliphatic rings. The topological polar surface area (TPSA) is 76.7 Å². The highest BCUT2D eigenvalue weighted by Crippen LogP contribution is 2.28. The minimum absolute atomic E-state index is 0.423. The minimum Gasteiger partial charge on any atom is -0.410 e. The molecule has 6 heteroatoms. The second-order valence-electron chi connectivity index (χ2n) is 7.74. The van der Waals surface area contributed by atoms with Gasteiger partial charge in [0.25, 0.3) is 0 Å². The van der Waals surface area contributed by atoms with Crippen LogP contribution in [0.15, 0.2) is 66.7 Å². The van der Waals surface area contributed by atoms with E-state index in [1.807, 2.05) is 49.4 Å². The number of carbonyl (C=O) groups excluding carboxylic acids is 2. The van der Waals surface area contributed by atoms with Crippen LogP contribution in [0.4, 0.5) is 21.0 Å². The van der Waals surface area contributed by atoms with Crippen LogP contribution in [-0.2, 0) is 12.8 Å². The number of aryl methyl sites for hydroxylation is 3. The Morgan fingerprint density at radius 3 is 1.76 bits per heavy atom. The molecule has 0 saturated carbocycles. The van der Waals surface area contributed by atoms with Crippen molar-refractivity contribution in [2.24, 2.45) is 0 Å². The zero-order valence-electron chi connectivity index (χ0n) is 19.3. The van der Waals surface area contributed by atoms with Crippen LogP contribution >= 0.6 is 0 Å². The molecule has 0 radical (unpaired) electrons. The van der Waals surface area contributed by atoms with Gasteiger partial charge in [-0.3, -0.25) is 10.6 Å². The van der Waals surface area contributed by atoms with Crippen LogP contribution in [0.1, 0.15) is 43.4 Å².